The Labute approximate surface area is 180 Å². The first-order valence-electron chi connectivity index (χ1n) is 10.1. The molecule has 0 bridgehead atoms. The van der Waals surface area contributed by atoms with Crippen molar-refractivity contribution < 1.29 is 9.53 Å². The van der Waals surface area contributed by atoms with E-state index in [9.17, 15) is 10.1 Å². The lowest BCUT2D eigenvalue weighted by Crippen LogP contribution is -2.09. The highest BCUT2D eigenvalue weighted by atomic mass is 16.5. The van der Waals surface area contributed by atoms with Crippen molar-refractivity contribution in [1.29, 1.82) is 5.26 Å². The number of ether oxygens (including phenoxy) is 1. The molecule has 6 nitrogen and oxygen atoms in total. The standard InChI is InChI=1S/C25H22N4O2/c1-3-31-25(30)20-15-27-24-21(23(20)28-18-12-8-5-9-13-18)19(14-26)22(29-24)16(2)17-10-6-4-7-11-17/h4-13,15-16H,3H2,1-2H3,(H2,27,28,29). The Kier molecular flexibility index (Phi) is 5.67. The molecule has 4 aromatic rings. The van der Waals surface area contributed by atoms with Gasteiger partial charge in [0.25, 0.3) is 0 Å². The number of aromatic nitrogens is 2. The number of anilines is 2. The lowest BCUT2D eigenvalue weighted by Gasteiger charge is -2.13. The number of nitrogens with zero attached hydrogens (tertiary/aromatic N) is 2. The number of nitrogens with one attached hydrogen (secondary N) is 2. The quantitative estimate of drug-likeness (QED) is 0.409. The van der Waals surface area contributed by atoms with Crippen LogP contribution in [-0.2, 0) is 4.74 Å². The zero-order chi connectivity index (χ0) is 21.8. The van der Waals surface area contributed by atoms with E-state index >= 15 is 0 Å². The lowest BCUT2D eigenvalue weighted by atomic mass is 9.94. The number of hydrogen-bond donors (Lipinski definition) is 2. The second kappa shape index (κ2) is 8.72. The summed E-state index contributed by atoms with van der Waals surface area (Å²) in [7, 11) is 0. The summed E-state index contributed by atoms with van der Waals surface area (Å²) in [5, 5.41) is 14.0. The van der Waals surface area contributed by atoms with Gasteiger partial charge in [0.05, 0.1) is 23.2 Å². The molecule has 2 aromatic heterocycles. The first kappa shape index (κ1) is 20.2. The Morgan fingerprint density at radius 2 is 1.84 bits per heavy atom. The van der Waals surface area contributed by atoms with Gasteiger partial charge in [-0.25, -0.2) is 9.78 Å². The van der Waals surface area contributed by atoms with Crippen LogP contribution in [0.25, 0.3) is 11.0 Å². The highest BCUT2D eigenvalue weighted by molar-refractivity contribution is 6.07. The molecule has 0 aliphatic carbocycles. The van der Waals surface area contributed by atoms with Crippen molar-refractivity contribution in [2.75, 3.05) is 11.9 Å². The van der Waals surface area contributed by atoms with Crippen LogP contribution in [0, 0.1) is 11.3 Å². The molecule has 0 radical (unpaired) electrons. The third kappa shape index (κ3) is 3.86. The summed E-state index contributed by atoms with van der Waals surface area (Å²) in [6, 6.07) is 21.8. The van der Waals surface area contributed by atoms with Gasteiger partial charge in [0.15, 0.2) is 0 Å². The number of carbonyl (C=O) groups excluding carboxylic acids is 1. The smallest absolute Gasteiger partial charge is 0.341 e. The van der Waals surface area contributed by atoms with Crippen LogP contribution in [0.4, 0.5) is 11.4 Å². The lowest BCUT2D eigenvalue weighted by molar-refractivity contribution is 0.0527. The number of carbonyl (C=O) groups is 1. The summed E-state index contributed by atoms with van der Waals surface area (Å²) < 4.78 is 5.24. The SMILES string of the molecule is CCOC(=O)c1cnc2[nH]c(C(C)c3ccccc3)c(C#N)c2c1Nc1ccccc1. The van der Waals surface area contributed by atoms with E-state index in [4.69, 9.17) is 4.74 Å². The molecule has 2 aromatic carbocycles. The monoisotopic (exact) mass is 410 g/mol. The minimum Gasteiger partial charge on any atom is -0.462 e. The van der Waals surface area contributed by atoms with Crippen LogP contribution in [0.15, 0.2) is 66.9 Å². The van der Waals surface area contributed by atoms with Crippen molar-refractivity contribution >= 4 is 28.4 Å². The number of hydrogen-bond acceptors (Lipinski definition) is 5. The van der Waals surface area contributed by atoms with E-state index in [2.05, 4.69) is 21.4 Å². The number of rotatable bonds is 6. The zero-order valence-corrected chi connectivity index (χ0v) is 17.3. The number of benzene rings is 2. The van der Waals surface area contributed by atoms with E-state index in [0.29, 0.717) is 22.3 Å². The fraction of sp³-hybridized carbons (Fsp3) is 0.160. The molecule has 4 rings (SSSR count). The average molecular weight is 410 g/mol. The number of para-hydroxylation sites is 1. The predicted molar refractivity (Wildman–Crippen MR) is 120 cm³/mol. The van der Waals surface area contributed by atoms with E-state index in [-0.39, 0.29) is 18.1 Å². The van der Waals surface area contributed by atoms with Gasteiger partial charge in [-0.2, -0.15) is 5.26 Å². The Bertz CT molecular complexity index is 1260. The molecule has 0 aliphatic rings. The molecule has 2 N–H and O–H groups in total. The molecular weight excluding hydrogens is 388 g/mol. The van der Waals surface area contributed by atoms with Gasteiger partial charge in [0, 0.05) is 23.5 Å². The minimum atomic E-state index is -0.488. The van der Waals surface area contributed by atoms with Crippen LogP contribution < -0.4 is 5.32 Å². The third-order valence-corrected chi connectivity index (χ3v) is 5.23. The van der Waals surface area contributed by atoms with Gasteiger partial charge in [0.2, 0.25) is 0 Å². The largest absolute Gasteiger partial charge is 0.462 e. The second-order valence-electron chi connectivity index (χ2n) is 7.14. The Morgan fingerprint density at radius 1 is 1.16 bits per heavy atom. The van der Waals surface area contributed by atoms with E-state index in [1.54, 1.807) is 6.92 Å². The van der Waals surface area contributed by atoms with Crippen LogP contribution in [-0.4, -0.2) is 22.5 Å². The number of pyridine rings is 1. The number of aromatic amines is 1. The molecular formula is C25H22N4O2. The van der Waals surface area contributed by atoms with Gasteiger partial charge in [-0.15, -0.1) is 0 Å². The van der Waals surface area contributed by atoms with Crippen LogP contribution in [0.3, 0.4) is 0 Å². The minimum absolute atomic E-state index is 0.0549. The molecule has 31 heavy (non-hydrogen) atoms. The molecule has 0 aliphatic heterocycles. The number of nitriles is 1. The molecule has 0 fully saturated rings. The Morgan fingerprint density at radius 3 is 2.48 bits per heavy atom. The van der Waals surface area contributed by atoms with Gasteiger partial charge in [-0.1, -0.05) is 55.5 Å². The maximum absolute atomic E-state index is 12.7. The van der Waals surface area contributed by atoms with Crippen molar-refractivity contribution in [1.82, 2.24) is 9.97 Å². The average Bonchev–Trinajstić information content (AvgIpc) is 3.19. The van der Waals surface area contributed by atoms with Gasteiger partial charge in [-0.3, -0.25) is 0 Å². The van der Waals surface area contributed by atoms with E-state index < -0.39 is 5.97 Å². The molecule has 154 valence electrons. The first-order valence-corrected chi connectivity index (χ1v) is 10.1. The summed E-state index contributed by atoms with van der Waals surface area (Å²) in [5.41, 5.74) is 4.43. The fourth-order valence-corrected chi connectivity index (χ4v) is 3.68. The predicted octanol–water partition coefficient (Wildman–Crippen LogP) is 5.51. The third-order valence-electron chi connectivity index (χ3n) is 5.23. The summed E-state index contributed by atoms with van der Waals surface area (Å²) in [5.74, 6) is -0.543. The van der Waals surface area contributed by atoms with E-state index in [1.807, 2.05) is 67.6 Å². The summed E-state index contributed by atoms with van der Waals surface area (Å²) in [6.45, 7) is 4.04. The van der Waals surface area contributed by atoms with Crippen LogP contribution in [0.5, 0.6) is 0 Å². The summed E-state index contributed by atoms with van der Waals surface area (Å²) in [6.07, 6.45) is 1.49. The molecule has 0 spiro atoms. The molecule has 0 saturated carbocycles. The van der Waals surface area contributed by atoms with Gasteiger partial charge >= 0.3 is 5.97 Å². The van der Waals surface area contributed by atoms with E-state index in [0.717, 1.165) is 16.9 Å². The second-order valence-corrected chi connectivity index (χ2v) is 7.14. The van der Waals surface area contributed by atoms with Crippen molar-refractivity contribution in [3.8, 4) is 6.07 Å². The van der Waals surface area contributed by atoms with Gasteiger partial charge < -0.3 is 15.0 Å². The van der Waals surface area contributed by atoms with Crippen molar-refractivity contribution in [2.45, 2.75) is 19.8 Å². The highest BCUT2D eigenvalue weighted by Crippen LogP contribution is 2.37. The molecule has 1 atom stereocenters. The topological polar surface area (TPSA) is 90.8 Å². The molecule has 0 saturated heterocycles. The normalized spacial score (nSPS) is 11.6. The summed E-state index contributed by atoms with van der Waals surface area (Å²) in [4.78, 5) is 20.4. The highest BCUT2D eigenvalue weighted by Gasteiger charge is 2.25. The Hall–Kier alpha value is -4.11. The maximum Gasteiger partial charge on any atom is 0.341 e. The number of H-pyrrole nitrogens is 1. The zero-order valence-electron chi connectivity index (χ0n) is 17.3. The first-order chi connectivity index (χ1) is 15.1. The van der Waals surface area contributed by atoms with Gasteiger partial charge in [-0.05, 0) is 24.6 Å². The van der Waals surface area contributed by atoms with Crippen molar-refractivity contribution in [2.24, 2.45) is 0 Å². The van der Waals surface area contributed by atoms with Gasteiger partial charge in [0.1, 0.15) is 17.3 Å². The van der Waals surface area contributed by atoms with Crippen LogP contribution >= 0.6 is 0 Å². The van der Waals surface area contributed by atoms with Crippen molar-refractivity contribution in [3.05, 3.63) is 89.2 Å². The fourth-order valence-electron chi connectivity index (χ4n) is 3.68. The Balaban J connectivity index is 1.94. The summed E-state index contributed by atoms with van der Waals surface area (Å²) >= 11 is 0. The number of esters is 1. The molecule has 0 amide bonds. The van der Waals surface area contributed by atoms with Crippen LogP contribution in [0.1, 0.15) is 46.9 Å². The van der Waals surface area contributed by atoms with Crippen LogP contribution in [0.2, 0.25) is 0 Å². The van der Waals surface area contributed by atoms with E-state index in [1.165, 1.54) is 6.20 Å². The maximum atomic E-state index is 12.7. The number of fused-ring (bicyclic) bond motifs is 1. The molecule has 2 heterocycles. The molecule has 6 heteroatoms. The van der Waals surface area contributed by atoms with Crippen molar-refractivity contribution in [3.63, 3.8) is 0 Å². The molecule has 1 unspecified atom stereocenters.